The first-order valence-corrected chi connectivity index (χ1v) is 9.50. The van der Waals surface area contributed by atoms with Crippen molar-refractivity contribution in [2.24, 2.45) is 0 Å². The Morgan fingerprint density at radius 3 is 2.62 bits per heavy atom. The summed E-state index contributed by atoms with van der Waals surface area (Å²) in [6.07, 6.45) is 1.28. The molecule has 9 heteroatoms. The van der Waals surface area contributed by atoms with E-state index in [2.05, 4.69) is 26.6 Å². The highest BCUT2D eigenvalue weighted by atomic mass is 79.9. The van der Waals surface area contributed by atoms with E-state index in [9.17, 15) is 13.2 Å². The van der Waals surface area contributed by atoms with Gasteiger partial charge in [0.2, 0.25) is 0 Å². The van der Waals surface area contributed by atoms with E-state index in [-0.39, 0.29) is 16.2 Å². The van der Waals surface area contributed by atoms with Crippen LogP contribution in [-0.4, -0.2) is 18.9 Å². The molecule has 0 spiro atoms. The molecule has 0 saturated carbocycles. The summed E-state index contributed by atoms with van der Waals surface area (Å²) in [7, 11) is -4.38. The lowest BCUT2D eigenvalue weighted by Crippen LogP contribution is -2.17. The molecule has 0 bridgehead atoms. The number of anilines is 1. The van der Waals surface area contributed by atoms with Crippen LogP contribution < -0.4 is 10.6 Å². The Kier molecular flexibility index (Phi) is 6.52. The first kappa shape index (κ1) is 19.7. The van der Waals surface area contributed by atoms with Gasteiger partial charge in [-0.1, -0.05) is 34.1 Å². The molecule has 7 nitrogen and oxygen atoms in total. The van der Waals surface area contributed by atoms with Crippen LogP contribution in [0.1, 0.15) is 5.56 Å². The number of hydrogen-bond donors (Lipinski definition) is 3. The van der Waals surface area contributed by atoms with Crippen molar-refractivity contribution in [2.45, 2.75) is 11.4 Å². The second-order valence-corrected chi connectivity index (χ2v) is 7.47. The van der Waals surface area contributed by atoms with Gasteiger partial charge in [0.1, 0.15) is 11.6 Å². The van der Waals surface area contributed by atoms with E-state index in [0.29, 0.717) is 6.54 Å². The highest BCUT2D eigenvalue weighted by Gasteiger charge is 2.13. The van der Waals surface area contributed by atoms with E-state index in [4.69, 9.17) is 9.81 Å². The van der Waals surface area contributed by atoms with E-state index in [1.165, 1.54) is 24.4 Å². The molecule has 26 heavy (non-hydrogen) atoms. The summed E-state index contributed by atoms with van der Waals surface area (Å²) in [4.78, 5) is 11.8. The number of nitriles is 1. The molecule has 0 radical (unpaired) electrons. The van der Waals surface area contributed by atoms with Crippen LogP contribution in [-0.2, 0) is 21.5 Å². The van der Waals surface area contributed by atoms with Gasteiger partial charge >= 0.3 is 0 Å². The third kappa shape index (κ3) is 5.70. The van der Waals surface area contributed by atoms with Crippen molar-refractivity contribution in [2.75, 3.05) is 5.32 Å². The molecule has 0 aliphatic heterocycles. The minimum Gasteiger partial charge on any atom is -0.386 e. The Balaban J connectivity index is 2.05. The average molecular weight is 436 g/mol. The van der Waals surface area contributed by atoms with Crippen molar-refractivity contribution in [1.82, 2.24) is 5.32 Å². The third-order valence-corrected chi connectivity index (χ3v) is 4.54. The van der Waals surface area contributed by atoms with Gasteiger partial charge in [0.25, 0.3) is 16.0 Å². The first-order valence-electron chi connectivity index (χ1n) is 7.26. The zero-order chi connectivity index (χ0) is 19.2. The Hall–Kier alpha value is -2.67. The van der Waals surface area contributed by atoms with E-state index >= 15 is 0 Å². The molecule has 2 aromatic rings. The molecule has 0 saturated heterocycles. The number of nitrogens with zero attached hydrogens (tertiary/aromatic N) is 1. The largest absolute Gasteiger partial charge is 0.386 e. The summed E-state index contributed by atoms with van der Waals surface area (Å²) in [5, 5.41) is 14.4. The Morgan fingerprint density at radius 1 is 1.23 bits per heavy atom. The van der Waals surface area contributed by atoms with E-state index in [1.54, 1.807) is 6.07 Å². The minimum atomic E-state index is -4.38. The van der Waals surface area contributed by atoms with E-state index in [1.807, 2.05) is 24.3 Å². The maximum Gasteiger partial charge on any atom is 0.294 e. The third-order valence-electron chi connectivity index (χ3n) is 3.20. The number of carbonyl (C=O) groups excluding carboxylic acids is 1. The average Bonchev–Trinajstić information content (AvgIpc) is 2.58. The number of hydrogen-bond acceptors (Lipinski definition) is 5. The summed E-state index contributed by atoms with van der Waals surface area (Å²) in [6.45, 7) is 0.413. The second-order valence-electron chi connectivity index (χ2n) is 5.14. The molecule has 2 aromatic carbocycles. The van der Waals surface area contributed by atoms with Gasteiger partial charge in [-0.3, -0.25) is 9.35 Å². The quantitative estimate of drug-likeness (QED) is 0.364. The highest BCUT2D eigenvalue weighted by molar-refractivity contribution is 9.10. The Labute approximate surface area is 159 Å². The molecule has 0 fully saturated rings. The predicted molar refractivity (Wildman–Crippen MR) is 99.6 cm³/mol. The molecule has 0 unspecified atom stereocenters. The number of rotatable bonds is 6. The Morgan fingerprint density at radius 2 is 1.96 bits per heavy atom. The van der Waals surface area contributed by atoms with Crippen LogP contribution >= 0.6 is 15.9 Å². The smallest absolute Gasteiger partial charge is 0.294 e. The van der Waals surface area contributed by atoms with Crippen molar-refractivity contribution < 1.29 is 17.8 Å². The van der Waals surface area contributed by atoms with Crippen molar-refractivity contribution in [1.29, 1.82) is 5.26 Å². The number of nitrogens with one attached hydrogen (secondary N) is 2. The standard InChI is InChI=1S/C17H14BrN3O4S/c18-14-4-1-3-12(7-14)10-20-11-13(9-19)17(22)21-15-5-2-6-16(8-15)26(23,24)25/h1-8,11,20H,10H2,(H,21,22)(H,23,24,25)/b13-11-. The number of amides is 1. The zero-order valence-corrected chi connectivity index (χ0v) is 15.7. The lowest BCUT2D eigenvalue weighted by atomic mass is 10.2. The summed E-state index contributed by atoms with van der Waals surface area (Å²) >= 11 is 3.36. The van der Waals surface area contributed by atoms with Crippen LogP contribution in [0.15, 0.2) is 69.7 Å². The molecule has 0 aromatic heterocycles. The fourth-order valence-corrected chi connectivity index (χ4v) is 2.97. The topological polar surface area (TPSA) is 119 Å². The maximum atomic E-state index is 12.1. The molecular formula is C17H14BrN3O4S. The number of halogens is 1. The molecule has 134 valence electrons. The minimum absolute atomic E-state index is 0.137. The molecule has 0 atom stereocenters. The normalized spacial score (nSPS) is 11.5. The van der Waals surface area contributed by atoms with Gasteiger partial charge in [0.05, 0.1) is 4.90 Å². The lowest BCUT2D eigenvalue weighted by Gasteiger charge is -2.06. The van der Waals surface area contributed by atoms with Crippen LogP contribution in [0.5, 0.6) is 0 Å². The van der Waals surface area contributed by atoms with Crippen molar-refractivity contribution in [3.05, 3.63) is 70.3 Å². The molecule has 3 N–H and O–H groups in total. The van der Waals surface area contributed by atoms with Gasteiger partial charge in [-0.25, -0.2) is 0 Å². The highest BCUT2D eigenvalue weighted by Crippen LogP contribution is 2.16. The fourth-order valence-electron chi connectivity index (χ4n) is 2.00. The van der Waals surface area contributed by atoms with E-state index in [0.717, 1.165) is 16.1 Å². The fraction of sp³-hybridized carbons (Fsp3) is 0.0588. The summed E-state index contributed by atoms with van der Waals surface area (Å²) in [5.74, 6) is -0.707. The number of benzene rings is 2. The van der Waals surface area contributed by atoms with Gasteiger partial charge in [0, 0.05) is 22.9 Å². The van der Waals surface area contributed by atoms with Crippen LogP contribution in [0.3, 0.4) is 0 Å². The molecule has 1 amide bonds. The molecule has 0 aliphatic rings. The molecular weight excluding hydrogens is 422 g/mol. The maximum absolute atomic E-state index is 12.1. The van der Waals surface area contributed by atoms with Gasteiger partial charge in [-0.2, -0.15) is 13.7 Å². The van der Waals surface area contributed by atoms with Crippen molar-refractivity contribution in [3.63, 3.8) is 0 Å². The van der Waals surface area contributed by atoms with Gasteiger partial charge in [-0.05, 0) is 35.9 Å². The molecule has 0 aliphatic carbocycles. The first-order chi connectivity index (χ1) is 12.3. The lowest BCUT2D eigenvalue weighted by molar-refractivity contribution is -0.112. The number of carbonyl (C=O) groups is 1. The van der Waals surface area contributed by atoms with Gasteiger partial charge < -0.3 is 10.6 Å². The van der Waals surface area contributed by atoms with Gasteiger partial charge in [0.15, 0.2) is 0 Å². The van der Waals surface area contributed by atoms with Crippen LogP contribution in [0.4, 0.5) is 5.69 Å². The molecule has 2 rings (SSSR count). The van der Waals surface area contributed by atoms with E-state index < -0.39 is 16.0 Å². The summed E-state index contributed by atoms with van der Waals surface area (Å²) in [6, 6.07) is 14.4. The summed E-state index contributed by atoms with van der Waals surface area (Å²) in [5.41, 5.74) is 0.907. The summed E-state index contributed by atoms with van der Waals surface area (Å²) < 4.78 is 32.2. The molecule has 0 heterocycles. The SMILES string of the molecule is N#C/C(=C/NCc1cccc(Br)c1)C(=O)Nc1cccc(S(=O)(=O)O)c1. The zero-order valence-electron chi connectivity index (χ0n) is 13.3. The van der Waals surface area contributed by atoms with Crippen LogP contribution in [0.25, 0.3) is 0 Å². The van der Waals surface area contributed by atoms with Gasteiger partial charge in [-0.15, -0.1) is 0 Å². The Bertz CT molecular complexity index is 997. The second kappa shape index (κ2) is 8.62. The van der Waals surface area contributed by atoms with Crippen molar-refractivity contribution >= 4 is 37.6 Å². The van der Waals surface area contributed by atoms with Crippen molar-refractivity contribution in [3.8, 4) is 6.07 Å². The predicted octanol–water partition coefficient (Wildman–Crippen LogP) is 2.83. The monoisotopic (exact) mass is 435 g/mol. The van der Waals surface area contributed by atoms with Crippen LogP contribution in [0, 0.1) is 11.3 Å². The van der Waals surface area contributed by atoms with Crippen LogP contribution in [0.2, 0.25) is 0 Å².